The molecule has 4 nitrogen and oxygen atoms in total. The van der Waals surface area contributed by atoms with Crippen molar-refractivity contribution in [1.82, 2.24) is 14.9 Å². The third-order valence-electron chi connectivity index (χ3n) is 4.92. The fourth-order valence-corrected chi connectivity index (χ4v) is 4.40. The number of thiazole rings is 1. The first-order valence-electron chi connectivity index (χ1n) is 8.74. The second-order valence-electron chi connectivity index (χ2n) is 6.77. The van der Waals surface area contributed by atoms with Crippen molar-refractivity contribution in [3.05, 3.63) is 58.2 Å². The number of amides is 1. The molecule has 3 heterocycles. The highest BCUT2D eigenvalue weighted by Crippen LogP contribution is 2.25. The van der Waals surface area contributed by atoms with Crippen molar-refractivity contribution < 1.29 is 4.79 Å². The smallest absolute Gasteiger partial charge is 0.265 e. The van der Waals surface area contributed by atoms with Crippen molar-refractivity contribution in [3.8, 4) is 0 Å². The topological polar surface area (TPSA) is 46.1 Å². The number of piperidine rings is 1. The van der Waals surface area contributed by atoms with E-state index < -0.39 is 0 Å². The first-order valence-corrected chi connectivity index (χ1v) is 9.61. The first kappa shape index (κ1) is 16.2. The lowest BCUT2D eigenvalue weighted by atomic mass is 9.91. The Morgan fingerprint density at radius 2 is 2.20 bits per heavy atom. The maximum Gasteiger partial charge on any atom is 0.265 e. The molecule has 0 bridgehead atoms. The van der Waals surface area contributed by atoms with E-state index in [0.717, 1.165) is 48.4 Å². The highest BCUT2D eigenvalue weighted by atomic mass is 32.1. The Morgan fingerprint density at radius 3 is 3.04 bits per heavy atom. The Labute approximate surface area is 151 Å². The summed E-state index contributed by atoms with van der Waals surface area (Å²) in [5.74, 6) is 0.634. The van der Waals surface area contributed by atoms with Crippen LogP contribution in [0.25, 0.3) is 10.9 Å². The molecule has 1 amide bonds. The number of hydrogen-bond donors (Lipinski definition) is 0. The number of likely N-dealkylation sites (tertiary alicyclic amines) is 1. The van der Waals surface area contributed by atoms with Gasteiger partial charge in [-0.2, -0.15) is 0 Å². The Hall–Kier alpha value is -2.27. The van der Waals surface area contributed by atoms with Crippen LogP contribution in [-0.2, 0) is 6.42 Å². The molecule has 1 unspecified atom stereocenters. The van der Waals surface area contributed by atoms with E-state index in [2.05, 4.69) is 22.1 Å². The van der Waals surface area contributed by atoms with Gasteiger partial charge in [0.05, 0.1) is 16.7 Å². The van der Waals surface area contributed by atoms with Crippen LogP contribution in [0, 0.1) is 12.8 Å². The maximum atomic E-state index is 12.7. The number of para-hydroxylation sites is 1. The van der Waals surface area contributed by atoms with Crippen LogP contribution in [0.4, 0.5) is 0 Å². The van der Waals surface area contributed by atoms with Crippen LogP contribution in [0.1, 0.15) is 33.8 Å². The molecule has 0 N–H and O–H groups in total. The molecule has 1 aliphatic heterocycles. The van der Waals surface area contributed by atoms with Crippen LogP contribution in [-0.4, -0.2) is 33.9 Å². The SMILES string of the molecule is Cc1ncsc1C(=O)N1CCCC(Cc2cnc3ccccc3c2)C1. The van der Waals surface area contributed by atoms with Gasteiger partial charge in [0.25, 0.3) is 5.91 Å². The van der Waals surface area contributed by atoms with Gasteiger partial charge in [0.1, 0.15) is 4.88 Å². The lowest BCUT2D eigenvalue weighted by Crippen LogP contribution is -2.40. The van der Waals surface area contributed by atoms with Crippen molar-refractivity contribution in [2.75, 3.05) is 13.1 Å². The first-order chi connectivity index (χ1) is 12.2. The van der Waals surface area contributed by atoms with Crippen LogP contribution in [0.2, 0.25) is 0 Å². The molecule has 128 valence electrons. The van der Waals surface area contributed by atoms with Gasteiger partial charge in [-0.1, -0.05) is 18.2 Å². The molecule has 0 radical (unpaired) electrons. The Kier molecular flexibility index (Phi) is 4.49. The van der Waals surface area contributed by atoms with Crippen LogP contribution in [0.5, 0.6) is 0 Å². The van der Waals surface area contributed by atoms with E-state index in [1.165, 1.54) is 22.3 Å². The molecule has 0 spiro atoms. The number of hydrogen-bond acceptors (Lipinski definition) is 4. The van der Waals surface area contributed by atoms with Gasteiger partial charge in [0, 0.05) is 24.7 Å². The standard InChI is InChI=1S/C20H21N3OS/c1-14-19(25-13-22-14)20(24)23-8-4-5-15(12-23)9-16-10-17-6-2-3-7-18(17)21-11-16/h2-3,6-7,10-11,13,15H,4-5,8-9,12H2,1H3. The molecule has 1 atom stereocenters. The zero-order valence-corrected chi connectivity index (χ0v) is 15.1. The molecule has 1 saturated heterocycles. The third-order valence-corrected chi connectivity index (χ3v) is 5.83. The minimum absolute atomic E-state index is 0.140. The van der Waals surface area contributed by atoms with Crippen LogP contribution >= 0.6 is 11.3 Å². The Balaban J connectivity index is 1.47. The van der Waals surface area contributed by atoms with E-state index >= 15 is 0 Å². The number of rotatable bonds is 3. The van der Waals surface area contributed by atoms with Crippen molar-refractivity contribution in [3.63, 3.8) is 0 Å². The van der Waals surface area contributed by atoms with Crippen molar-refractivity contribution >= 4 is 28.1 Å². The zero-order chi connectivity index (χ0) is 17.2. The highest BCUT2D eigenvalue weighted by molar-refractivity contribution is 7.11. The average molecular weight is 351 g/mol. The summed E-state index contributed by atoms with van der Waals surface area (Å²) < 4.78 is 0. The summed E-state index contributed by atoms with van der Waals surface area (Å²) in [5.41, 5.74) is 4.89. The lowest BCUT2D eigenvalue weighted by molar-refractivity contribution is 0.0677. The number of aryl methyl sites for hydroxylation is 1. The zero-order valence-electron chi connectivity index (χ0n) is 14.3. The predicted octanol–water partition coefficient (Wildman–Crippen LogP) is 4.09. The molecule has 1 fully saturated rings. The number of carbonyl (C=O) groups excluding carboxylic acids is 1. The molecule has 0 saturated carbocycles. The minimum atomic E-state index is 0.140. The van der Waals surface area contributed by atoms with E-state index in [4.69, 9.17) is 0 Å². The number of nitrogens with zero attached hydrogens (tertiary/aromatic N) is 3. The molecule has 5 heteroatoms. The van der Waals surface area contributed by atoms with Crippen LogP contribution in [0.15, 0.2) is 42.0 Å². The molecule has 1 aliphatic rings. The third kappa shape index (κ3) is 3.42. The number of fused-ring (bicyclic) bond motifs is 1. The molecule has 25 heavy (non-hydrogen) atoms. The monoisotopic (exact) mass is 351 g/mol. The summed E-state index contributed by atoms with van der Waals surface area (Å²) in [4.78, 5) is 24.3. The second kappa shape index (κ2) is 6.92. The fourth-order valence-electron chi connectivity index (χ4n) is 3.63. The summed E-state index contributed by atoms with van der Waals surface area (Å²) in [6, 6.07) is 10.4. The fraction of sp³-hybridized carbons (Fsp3) is 0.350. The van der Waals surface area contributed by atoms with E-state index in [1.54, 1.807) is 5.51 Å². The summed E-state index contributed by atoms with van der Waals surface area (Å²) >= 11 is 1.45. The largest absolute Gasteiger partial charge is 0.338 e. The molecule has 2 aromatic heterocycles. The molecular formula is C20H21N3OS. The lowest BCUT2D eigenvalue weighted by Gasteiger charge is -2.32. The minimum Gasteiger partial charge on any atom is -0.338 e. The maximum absolute atomic E-state index is 12.7. The number of pyridine rings is 1. The van der Waals surface area contributed by atoms with Gasteiger partial charge in [-0.05, 0) is 49.8 Å². The number of aromatic nitrogens is 2. The normalized spacial score (nSPS) is 17.8. The van der Waals surface area contributed by atoms with Gasteiger partial charge >= 0.3 is 0 Å². The van der Waals surface area contributed by atoms with Crippen LogP contribution < -0.4 is 0 Å². The highest BCUT2D eigenvalue weighted by Gasteiger charge is 2.26. The molecule has 1 aromatic carbocycles. The van der Waals surface area contributed by atoms with Crippen molar-refractivity contribution in [2.24, 2.45) is 5.92 Å². The quantitative estimate of drug-likeness (QED) is 0.714. The van der Waals surface area contributed by atoms with Gasteiger partial charge in [0.15, 0.2) is 0 Å². The number of carbonyl (C=O) groups is 1. The predicted molar refractivity (Wildman–Crippen MR) is 101 cm³/mol. The van der Waals surface area contributed by atoms with Crippen molar-refractivity contribution in [1.29, 1.82) is 0 Å². The van der Waals surface area contributed by atoms with Gasteiger partial charge in [-0.3, -0.25) is 9.78 Å². The van der Waals surface area contributed by atoms with E-state index in [1.807, 2.05) is 36.2 Å². The van der Waals surface area contributed by atoms with Gasteiger partial charge in [-0.25, -0.2) is 4.98 Å². The molecule has 3 aromatic rings. The second-order valence-corrected chi connectivity index (χ2v) is 7.62. The average Bonchev–Trinajstić information content (AvgIpc) is 3.07. The summed E-state index contributed by atoms with van der Waals surface area (Å²) in [7, 11) is 0. The van der Waals surface area contributed by atoms with Gasteiger partial charge < -0.3 is 4.90 Å². The molecule has 4 rings (SSSR count). The van der Waals surface area contributed by atoms with E-state index in [-0.39, 0.29) is 5.91 Å². The van der Waals surface area contributed by atoms with Gasteiger partial charge in [-0.15, -0.1) is 11.3 Å². The molecule has 0 aliphatic carbocycles. The Morgan fingerprint density at radius 1 is 1.32 bits per heavy atom. The summed E-state index contributed by atoms with van der Waals surface area (Å²) in [6.45, 7) is 3.58. The summed E-state index contributed by atoms with van der Waals surface area (Å²) in [5, 5.41) is 1.18. The number of benzene rings is 1. The van der Waals surface area contributed by atoms with Crippen molar-refractivity contribution in [2.45, 2.75) is 26.2 Å². The van der Waals surface area contributed by atoms with Gasteiger partial charge in [0.2, 0.25) is 0 Å². The molecular weight excluding hydrogens is 330 g/mol. The van der Waals surface area contributed by atoms with E-state index in [0.29, 0.717) is 5.92 Å². The Bertz CT molecular complexity index is 905. The van der Waals surface area contributed by atoms with E-state index in [9.17, 15) is 4.79 Å². The summed E-state index contributed by atoms with van der Waals surface area (Å²) in [6.07, 6.45) is 5.19. The van der Waals surface area contributed by atoms with Crippen LogP contribution in [0.3, 0.4) is 0 Å².